The third-order valence-electron chi connectivity index (χ3n) is 3.47. The lowest BCUT2D eigenvalue weighted by atomic mass is 10.5. The van der Waals surface area contributed by atoms with Crippen molar-refractivity contribution in [1.82, 2.24) is 0 Å². The van der Waals surface area contributed by atoms with Crippen molar-refractivity contribution in [2.75, 3.05) is 52.0 Å². The highest BCUT2D eigenvalue weighted by Crippen LogP contribution is 2.18. The Morgan fingerprint density at radius 1 is 0.571 bits per heavy atom. The van der Waals surface area contributed by atoms with Crippen LogP contribution in [0.3, 0.4) is 0 Å². The topological polar surface area (TPSA) is 75.6 Å². The minimum atomic E-state index is -2.48. The van der Waals surface area contributed by atoms with E-state index in [-0.39, 0.29) is 6.61 Å². The predicted octanol–water partition coefficient (Wildman–Crippen LogP) is 3.77. The molecule has 0 fully saturated rings. The van der Waals surface area contributed by atoms with E-state index in [4.69, 9.17) is 31.7 Å². The van der Waals surface area contributed by atoms with Gasteiger partial charge in [-0.1, -0.05) is 0 Å². The van der Waals surface area contributed by atoms with Crippen LogP contribution in [0, 0.1) is 0 Å². The van der Waals surface area contributed by atoms with Crippen molar-refractivity contribution < 1.29 is 31.7 Å². The Morgan fingerprint density at radius 3 is 1.07 bits per heavy atom. The highest BCUT2D eigenvalue weighted by Gasteiger charge is 2.40. The van der Waals surface area contributed by atoms with E-state index in [1.54, 1.807) is 0 Å². The van der Waals surface area contributed by atoms with E-state index in [1.807, 2.05) is 41.5 Å². The van der Waals surface area contributed by atoms with Gasteiger partial charge in [0.2, 0.25) is 0 Å². The van der Waals surface area contributed by atoms with Gasteiger partial charge in [0.15, 0.2) is 0 Å². The van der Waals surface area contributed by atoms with Crippen molar-refractivity contribution >= 4 is 30.2 Å². The molecule has 0 saturated carbocycles. The summed E-state index contributed by atoms with van der Waals surface area (Å²) in [6.45, 7) is 15.6. The van der Waals surface area contributed by atoms with E-state index in [2.05, 4.69) is 12.6 Å². The summed E-state index contributed by atoms with van der Waals surface area (Å²) in [5, 5.41) is 8.79. The Kier molecular flexibility index (Phi) is 22.8. The molecule has 0 aliphatic carbocycles. The minimum absolute atomic E-state index is 0.155. The van der Waals surface area contributed by atoms with Crippen LogP contribution in [0.4, 0.5) is 0 Å². The van der Waals surface area contributed by atoms with Gasteiger partial charge in [0.05, 0.1) is 0 Å². The molecule has 0 atom stereocenters. The third-order valence-corrected chi connectivity index (χ3v) is 10.1. The molecule has 7 nitrogen and oxygen atoms in total. The second-order valence-corrected chi connectivity index (χ2v) is 11.5. The SMILES string of the molecule is CCO[Si](CCCO)(OCC)OCC.CCO[Si](CCCS)(OCC)OCC. The Hall–Kier alpha value is 0.504. The Morgan fingerprint density at radius 2 is 0.857 bits per heavy atom. The van der Waals surface area contributed by atoms with E-state index in [0.29, 0.717) is 52.1 Å². The molecule has 0 radical (unpaired) electrons. The van der Waals surface area contributed by atoms with Crippen LogP contribution < -0.4 is 0 Å². The lowest BCUT2D eigenvalue weighted by molar-refractivity contribution is 0.0690. The van der Waals surface area contributed by atoms with E-state index in [9.17, 15) is 0 Å². The van der Waals surface area contributed by atoms with Crippen molar-refractivity contribution in [3.05, 3.63) is 0 Å². The summed E-state index contributed by atoms with van der Waals surface area (Å²) in [5.74, 6) is 0.849. The average Bonchev–Trinajstić information content (AvgIpc) is 2.67. The smallest absolute Gasteiger partial charge is 0.396 e. The molecule has 10 heteroatoms. The molecular weight excluding hydrogens is 416 g/mol. The van der Waals surface area contributed by atoms with Gasteiger partial charge in [-0.3, -0.25) is 0 Å². The van der Waals surface area contributed by atoms with Crippen LogP contribution in [0.5, 0.6) is 0 Å². The van der Waals surface area contributed by atoms with Crippen LogP contribution >= 0.6 is 12.6 Å². The monoisotopic (exact) mass is 460 g/mol. The summed E-state index contributed by atoms with van der Waals surface area (Å²) in [6, 6.07) is 1.56. The molecule has 0 aromatic heterocycles. The van der Waals surface area contributed by atoms with Gasteiger partial charge in [-0.2, -0.15) is 12.6 Å². The average molecular weight is 461 g/mol. The molecule has 172 valence electrons. The number of thiol groups is 1. The Balaban J connectivity index is 0. The summed E-state index contributed by atoms with van der Waals surface area (Å²) >= 11 is 4.19. The molecule has 0 heterocycles. The van der Waals surface area contributed by atoms with Crippen LogP contribution in [0.1, 0.15) is 54.4 Å². The fourth-order valence-corrected chi connectivity index (χ4v) is 8.26. The van der Waals surface area contributed by atoms with Gasteiger partial charge in [-0.25, -0.2) is 0 Å². The highest BCUT2D eigenvalue weighted by atomic mass is 32.1. The molecule has 0 bridgehead atoms. The standard InChI is InChI=1S/C9H22O4Si.C9H22O3SSi/c1-4-11-14(12-5-2,13-6-3)9-7-8-10;1-4-10-14(11-5-2,12-6-3)9-7-8-13/h10H,4-9H2,1-3H3;13H,4-9H2,1-3H3. The van der Waals surface area contributed by atoms with Crippen molar-refractivity contribution in [2.45, 2.75) is 66.5 Å². The first kappa shape index (κ1) is 30.7. The first-order valence-electron chi connectivity index (χ1n) is 10.5. The van der Waals surface area contributed by atoms with Gasteiger partial charge in [0.25, 0.3) is 0 Å². The maximum absolute atomic E-state index is 8.79. The van der Waals surface area contributed by atoms with Crippen molar-refractivity contribution in [1.29, 1.82) is 0 Å². The zero-order valence-corrected chi connectivity index (χ0v) is 21.7. The fourth-order valence-electron chi connectivity index (χ4n) is 2.59. The molecule has 0 spiro atoms. The molecular formula is C18H44O7SSi2. The van der Waals surface area contributed by atoms with Crippen LogP contribution in [-0.4, -0.2) is 74.7 Å². The molecule has 0 aliphatic heterocycles. The summed E-state index contributed by atoms with van der Waals surface area (Å²) in [6.07, 6.45) is 1.65. The summed E-state index contributed by atoms with van der Waals surface area (Å²) < 4.78 is 33.8. The van der Waals surface area contributed by atoms with Gasteiger partial charge >= 0.3 is 17.6 Å². The van der Waals surface area contributed by atoms with E-state index in [1.165, 1.54) is 0 Å². The van der Waals surface area contributed by atoms with Crippen LogP contribution in [0.2, 0.25) is 12.1 Å². The second-order valence-electron chi connectivity index (χ2n) is 5.62. The van der Waals surface area contributed by atoms with E-state index < -0.39 is 17.6 Å². The Bertz CT molecular complexity index is 264. The van der Waals surface area contributed by atoms with Crippen LogP contribution in [0.25, 0.3) is 0 Å². The maximum atomic E-state index is 8.79. The number of rotatable bonds is 18. The molecule has 0 aromatic carbocycles. The fraction of sp³-hybridized carbons (Fsp3) is 1.00. The van der Waals surface area contributed by atoms with Gasteiger partial charge < -0.3 is 31.7 Å². The molecule has 1 N–H and O–H groups in total. The van der Waals surface area contributed by atoms with Crippen LogP contribution in [0.15, 0.2) is 0 Å². The third kappa shape index (κ3) is 14.5. The lowest BCUT2D eigenvalue weighted by Gasteiger charge is -2.28. The quantitative estimate of drug-likeness (QED) is 0.238. The van der Waals surface area contributed by atoms with Crippen molar-refractivity contribution in [3.63, 3.8) is 0 Å². The largest absolute Gasteiger partial charge is 0.501 e. The zero-order chi connectivity index (χ0) is 21.7. The van der Waals surface area contributed by atoms with Crippen LogP contribution in [-0.2, 0) is 26.6 Å². The summed E-state index contributed by atoms with van der Waals surface area (Å²) in [4.78, 5) is 0. The number of hydrogen-bond acceptors (Lipinski definition) is 8. The molecule has 0 aliphatic rings. The first-order chi connectivity index (χ1) is 13.5. The maximum Gasteiger partial charge on any atom is 0.501 e. The normalized spacial score (nSPS) is 12.0. The summed E-state index contributed by atoms with van der Waals surface area (Å²) in [7, 11) is -4.84. The van der Waals surface area contributed by atoms with E-state index in [0.717, 1.165) is 18.2 Å². The molecule has 28 heavy (non-hydrogen) atoms. The van der Waals surface area contributed by atoms with Crippen molar-refractivity contribution in [2.24, 2.45) is 0 Å². The second kappa shape index (κ2) is 20.8. The predicted molar refractivity (Wildman–Crippen MR) is 121 cm³/mol. The van der Waals surface area contributed by atoms with Gasteiger partial charge in [0, 0.05) is 58.3 Å². The highest BCUT2D eigenvalue weighted by molar-refractivity contribution is 7.80. The number of aliphatic hydroxyl groups excluding tert-OH is 1. The molecule has 0 unspecified atom stereocenters. The number of hydrogen-bond donors (Lipinski definition) is 2. The Labute approximate surface area is 180 Å². The van der Waals surface area contributed by atoms with Crippen molar-refractivity contribution in [3.8, 4) is 0 Å². The minimum Gasteiger partial charge on any atom is -0.396 e. The van der Waals surface area contributed by atoms with Gasteiger partial charge in [-0.05, 0) is 60.1 Å². The first-order valence-corrected chi connectivity index (χ1v) is 15.0. The zero-order valence-electron chi connectivity index (χ0n) is 18.8. The molecule has 0 aromatic rings. The van der Waals surface area contributed by atoms with Gasteiger partial charge in [-0.15, -0.1) is 0 Å². The summed E-state index contributed by atoms with van der Waals surface area (Å²) in [5.41, 5.74) is 0. The molecule has 0 saturated heterocycles. The van der Waals surface area contributed by atoms with E-state index >= 15 is 0 Å². The lowest BCUT2D eigenvalue weighted by Crippen LogP contribution is -2.46. The molecule has 0 rings (SSSR count). The molecule has 0 amide bonds. The number of aliphatic hydroxyl groups is 1. The van der Waals surface area contributed by atoms with Gasteiger partial charge in [0.1, 0.15) is 0 Å².